The molecule has 0 N–H and O–H groups in total. The minimum absolute atomic E-state index is 0.308. The van der Waals surface area contributed by atoms with Gasteiger partial charge in [0.15, 0.2) is 0 Å². The first kappa shape index (κ1) is 13.1. The molecule has 0 aromatic rings. The lowest BCUT2D eigenvalue weighted by molar-refractivity contribution is -0.113. The molecule has 0 aromatic heterocycles. The van der Waals surface area contributed by atoms with Gasteiger partial charge in [0.2, 0.25) is 0 Å². The van der Waals surface area contributed by atoms with Gasteiger partial charge in [0.25, 0.3) is 0 Å². The molecule has 0 aromatic carbocycles. The fourth-order valence-corrected chi connectivity index (χ4v) is 3.82. The molecule has 0 spiro atoms. The third-order valence-corrected chi connectivity index (χ3v) is 4.81. The monoisotopic (exact) mass is 237 g/mol. The number of hydrogen-bond acceptors (Lipinski definition) is 2. The van der Waals surface area contributed by atoms with Gasteiger partial charge in [0.1, 0.15) is 6.29 Å². The van der Waals surface area contributed by atoms with Crippen LogP contribution in [0.25, 0.3) is 0 Å². The molecule has 2 heteroatoms. The number of piperidine rings is 1. The van der Waals surface area contributed by atoms with Crippen LogP contribution in [-0.2, 0) is 4.79 Å². The van der Waals surface area contributed by atoms with Crippen molar-refractivity contribution >= 4 is 6.29 Å². The Kier molecular flexibility index (Phi) is 4.61. The van der Waals surface area contributed by atoms with E-state index in [0.717, 1.165) is 18.8 Å². The van der Waals surface area contributed by atoms with Crippen LogP contribution in [0.5, 0.6) is 0 Å². The zero-order valence-corrected chi connectivity index (χ0v) is 11.4. The summed E-state index contributed by atoms with van der Waals surface area (Å²) in [6.07, 6.45) is 10.5. The Morgan fingerprint density at radius 2 is 1.65 bits per heavy atom. The standard InChI is InChI=1S/C15H27NO/c1-12-8-15(11-17)9-13(2)16(12)10-14-6-4-3-5-7-14/h11-15H,3-10H2,1-2H3/t12-,13+,15?. The summed E-state index contributed by atoms with van der Waals surface area (Å²) >= 11 is 0. The molecule has 0 radical (unpaired) electrons. The Balaban J connectivity index is 1.88. The number of carbonyl (C=O) groups is 1. The van der Waals surface area contributed by atoms with E-state index in [9.17, 15) is 4.79 Å². The van der Waals surface area contributed by atoms with E-state index in [-0.39, 0.29) is 0 Å². The van der Waals surface area contributed by atoms with Gasteiger partial charge in [0.05, 0.1) is 0 Å². The predicted molar refractivity (Wildman–Crippen MR) is 71.0 cm³/mol. The summed E-state index contributed by atoms with van der Waals surface area (Å²) in [5.41, 5.74) is 0. The lowest BCUT2D eigenvalue weighted by atomic mass is 9.84. The largest absolute Gasteiger partial charge is 0.303 e. The van der Waals surface area contributed by atoms with Crippen LogP contribution in [-0.4, -0.2) is 29.8 Å². The molecule has 17 heavy (non-hydrogen) atoms. The Morgan fingerprint density at radius 1 is 1.06 bits per heavy atom. The van der Waals surface area contributed by atoms with Crippen LogP contribution in [0.1, 0.15) is 58.8 Å². The Morgan fingerprint density at radius 3 is 2.18 bits per heavy atom. The first-order valence-electron chi connectivity index (χ1n) is 7.41. The average Bonchev–Trinajstić information content (AvgIpc) is 2.35. The van der Waals surface area contributed by atoms with Crippen molar-refractivity contribution in [1.82, 2.24) is 4.90 Å². The van der Waals surface area contributed by atoms with Crippen LogP contribution in [0, 0.1) is 11.8 Å². The van der Waals surface area contributed by atoms with Gasteiger partial charge in [-0.3, -0.25) is 4.90 Å². The topological polar surface area (TPSA) is 20.3 Å². The highest BCUT2D eigenvalue weighted by Gasteiger charge is 2.32. The summed E-state index contributed by atoms with van der Waals surface area (Å²) in [5.74, 6) is 1.23. The van der Waals surface area contributed by atoms with E-state index < -0.39 is 0 Å². The van der Waals surface area contributed by atoms with Crippen LogP contribution in [0.3, 0.4) is 0 Å². The van der Waals surface area contributed by atoms with E-state index in [1.807, 2.05) is 0 Å². The van der Waals surface area contributed by atoms with Crippen molar-refractivity contribution in [1.29, 1.82) is 0 Å². The molecule has 0 bridgehead atoms. The van der Waals surface area contributed by atoms with Crippen LogP contribution in [0.4, 0.5) is 0 Å². The maximum atomic E-state index is 10.9. The number of nitrogens with zero attached hydrogens (tertiary/aromatic N) is 1. The van der Waals surface area contributed by atoms with Crippen molar-refractivity contribution in [2.24, 2.45) is 11.8 Å². The van der Waals surface area contributed by atoms with E-state index in [4.69, 9.17) is 0 Å². The maximum absolute atomic E-state index is 10.9. The summed E-state index contributed by atoms with van der Waals surface area (Å²) in [4.78, 5) is 13.6. The molecule has 2 nitrogen and oxygen atoms in total. The Bertz CT molecular complexity index is 235. The number of hydrogen-bond donors (Lipinski definition) is 0. The number of aldehydes is 1. The molecule has 2 rings (SSSR count). The molecule has 1 aliphatic heterocycles. The Hall–Kier alpha value is -0.370. The smallest absolute Gasteiger partial charge is 0.123 e. The van der Waals surface area contributed by atoms with Crippen molar-refractivity contribution < 1.29 is 4.79 Å². The van der Waals surface area contributed by atoms with Gasteiger partial charge in [0, 0.05) is 24.5 Å². The van der Waals surface area contributed by atoms with Gasteiger partial charge >= 0.3 is 0 Å². The first-order chi connectivity index (χ1) is 8.20. The summed E-state index contributed by atoms with van der Waals surface area (Å²) < 4.78 is 0. The molecule has 0 amide bonds. The third kappa shape index (κ3) is 3.31. The average molecular weight is 237 g/mol. The molecule has 1 heterocycles. The molecule has 2 fully saturated rings. The molecule has 2 aliphatic rings. The zero-order chi connectivity index (χ0) is 12.3. The molecular weight excluding hydrogens is 210 g/mol. The summed E-state index contributed by atoms with van der Waals surface area (Å²) in [7, 11) is 0. The first-order valence-corrected chi connectivity index (χ1v) is 7.41. The van der Waals surface area contributed by atoms with Gasteiger partial charge in [-0.15, -0.1) is 0 Å². The van der Waals surface area contributed by atoms with E-state index in [1.165, 1.54) is 44.9 Å². The fraction of sp³-hybridized carbons (Fsp3) is 0.933. The second kappa shape index (κ2) is 5.99. The highest BCUT2D eigenvalue weighted by Crippen LogP contribution is 2.31. The third-order valence-electron chi connectivity index (χ3n) is 4.81. The molecule has 1 saturated heterocycles. The molecule has 1 saturated carbocycles. The van der Waals surface area contributed by atoms with Gasteiger partial charge < -0.3 is 4.79 Å². The van der Waals surface area contributed by atoms with Crippen LogP contribution in [0.15, 0.2) is 0 Å². The van der Waals surface area contributed by atoms with Crippen molar-refractivity contribution in [2.75, 3.05) is 6.54 Å². The minimum atomic E-state index is 0.308. The van der Waals surface area contributed by atoms with Crippen molar-refractivity contribution in [3.05, 3.63) is 0 Å². The van der Waals surface area contributed by atoms with Crippen LogP contribution in [0.2, 0.25) is 0 Å². The molecule has 1 unspecified atom stereocenters. The summed E-state index contributed by atoms with van der Waals surface area (Å²) in [6.45, 7) is 5.87. The van der Waals surface area contributed by atoms with Crippen molar-refractivity contribution in [2.45, 2.75) is 70.9 Å². The maximum Gasteiger partial charge on any atom is 0.123 e. The number of carbonyl (C=O) groups excluding carboxylic acids is 1. The Labute approximate surface area is 106 Å². The van der Waals surface area contributed by atoms with E-state index in [0.29, 0.717) is 18.0 Å². The van der Waals surface area contributed by atoms with Gasteiger partial charge in [-0.2, -0.15) is 0 Å². The molecule has 1 aliphatic carbocycles. The van der Waals surface area contributed by atoms with Crippen molar-refractivity contribution in [3.8, 4) is 0 Å². The highest BCUT2D eigenvalue weighted by molar-refractivity contribution is 5.53. The number of rotatable bonds is 3. The quantitative estimate of drug-likeness (QED) is 0.702. The lowest BCUT2D eigenvalue weighted by Crippen LogP contribution is -2.49. The van der Waals surface area contributed by atoms with E-state index >= 15 is 0 Å². The number of likely N-dealkylation sites (tertiary alicyclic amines) is 1. The zero-order valence-electron chi connectivity index (χ0n) is 11.4. The molecule has 3 atom stereocenters. The fourth-order valence-electron chi connectivity index (χ4n) is 3.82. The van der Waals surface area contributed by atoms with Crippen LogP contribution >= 0.6 is 0 Å². The summed E-state index contributed by atoms with van der Waals surface area (Å²) in [6, 6.07) is 1.19. The second-order valence-electron chi connectivity index (χ2n) is 6.27. The van der Waals surface area contributed by atoms with E-state index in [2.05, 4.69) is 18.7 Å². The van der Waals surface area contributed by atoms with E-state index in [1.54, 1.807) is 0 Å². The van der Waals surface area contributed by atoms with Crippen LogP contribution < -0.4 is 0 Å². The van der Waals surface area contributed by atoms with Gasteiger partial charge in [-0.1, -0.05) is 19.3 Å². The summed E-state index contributed by atoms with van der Waals surface area (Å²) in [5, 5.41) is 0. The molecule has 98 valence electrons. The van der Waals surface area contributed by atoms with Gasteiger partial charge in [-0.05, 0) is 45.4 Å². The van der Waals surface area contributed by atoms with Crippen molar-refractivity contribution in [3.63, 3.8) is 0 Å². The predicted octanol–water partition coefficient (Wildman–Crippen LogP) is 3.25. The SMILES string of the molecule is C[C@@H]1CC(C=O)C[C@H](C)N1CC1CCCCC1. The second-order valence-corrected chi connectivity index (χ2v) is 6.27. The molecular formula is C15H27NO. The highest BCUT2D eigenvalue weighted by atomic mass is 16.1. The van der Waals surface area contributed by atoms with Gasteiger partial charge in [-0.25, -0.2) is 0 Å². The lowest BCUT2D eigenvalue weighted by Gasteiger charge is -2.43. The minimum Gasteiger partial charge on any atom is -0.303 e. The normalized spacial score (nSPS) is 36.9.